The van der Waals surface area contributed by atoms with Crippen LogP contribution in [0.5, 0.6) is 0 Å². The van der Waals surface area contributed by atoms with Gasteiger partial charge in [-0.15, -0.1) is 0 Å². The molecule has 4 heteroatoms. The van der Waals surface area contributed by atoms with E-state index in [1.807, 2.05) is 0 Å². The van der Waals surface area contributed by atoms with Gasteiger partial charge in [-0.2, -0.15) is 0 Å². The molecule has 1 saturated heterocycles. The third-order valence-corrected chi connectivity index (χ3v) is 7.49. The Kier molecular flexibility index (Phi) is 7.74. The fourth-order valence-electron chi connectivity index (χ4n) is 2.92. The van der Waals surface area contributed by atoms with Gasteiger partial charge >= 0.3 is 14.4 Å². The fraction of sp³-hybridized carbons (Fsp3) is 1.00. The highest BCUT2D eigenvalue weighted by molar-refractivity contribution is 6.56. The molecule has 1 unspecified atom stereocenters. The molecule has 1 atom stereocenters. The summed E-state index contributed by atoms with van der Waals surface area (Å²) in [5.74, 6) is 0. The van der Waals surface area contributed by atoms with Crippen LogP contribution in [0.25, 0.3) is 0 Å². The highest BCUT2D eigenvalue weighted by Crippen LogP contribution is 2.15. The van der Waals surface area contributed by atoms with Crippen molar-refractivity contribution in [1.82, 2.24) is 14.1 Å². The summed E-state index contributed by atoms with van der Waals surface area (Å²) < 4.78 is 2.85. The van der Waals surface area contributed by atoms with E-state index in [9.17, 15) is 0 Å². The third kappa shape index (κ3) is 5.28. The molecule has 3 nitrogen and oxygen atoms in total. The molecule has 0 bridgehead atoms. The average Bonchev–Trinajstić information content (AvgIpc) is 2.33. The normalized spacial score (nSPS) is 22.4. The number of likely N-dealkylation sites (N-methyl/N-ethyl adjacent to an activating group) is 1. The molecule has 100 valence electrons. The minimum atomic E-state index is -0.676. The van der Waals surface area contributed by atoms with Gasteiger partial charge in [0.1, 0.15) is 0 Å². The molecule has 0 aromatic heterocycles. The summed E-state index contributed by atoms with van der Waals surface area (Å²) in [7, 11) is 4.34. The standard InChI is InChI=1S/C7H16N2.C6H14N.Al/c1-4-7(6-8-3)9-5-2;1-4-5-6-7(2)3;/h7-8H,3-6H2,1-2H3;1,4-6H2,2-3H3;/q-1;;+1. The van der Waals surface area contributed by atoms with Gasteiger partial charge in [0.25, 0.3) is 0 Å². The summed E-state index contributed by atoms with van der Waals surface area (Å²) in [4.78, 5) is 2.30. The van der Waals surface area contributed by atoms with E-state index < -0.39 is 14.4 Å². The molecule has 0 radical (unpaired) electrons. The first-order chi connectivity index (χ1) is 8.19. The van der Waals surface area contributed by atoms with E-state index in [4.69, 9.17) is 0 Å². The SMILES string of the molecule is CCC1CN[CH2][Al]([CH2]CCCN(C)C)[N]1CC. The summed E-state index contributed by atoms with van der Waals surface area (Å²) in [6.07, 6.45) is 4.09. The summed E-state index contributed by atoms with van der Waals surface area (Å²) in [6, 6.07) is 0.819. The number of unbranched alkanes of at least 4 members (excludes halogenated alkanes) is 1. The van der Waals surface area contributed by atoms with Crippen LogP contribution in [0.1, 0.15) is 33.1 Å². The van der Waals surface area contributed by atoms with Crippen molar-refractivity contribution in [3.63, 3.8) is 0 Å². The van der Waals surface area contributed by atoms with Gasteiger partial charge in [-0.1, -0.05) is 25.6 Å². The average molecular weight is 255 g/mol. The molecule has 0 aliphatic carbocycles. The van der Waals surface area contributed by atoms with Crippen LogP contribution >= 0.6 is 0 Å². The Morgan fingerprint density at radius 2 is 2.06 bits per heavy atom. The topological polar surface area (TPSA) is 18.5 Å². The Morgan fingerprint density at radius 3 is 2.65 bits per heavy atom. The van der Waals surface area contributed by atoms with Crippen LogP contribution in [-0.4, -0.2) is 68.3 Å². The lowest BCUT2D eigenvalue weighted by Crippen LogP contribution is -2.59. The zero-order valence-electron chi connectivity index (χ0n) is 12.2. The predicted molar refractivity (Wildman–Crippen MR) is 77.7 cm³/mol. The van der Waals surface area contributed by atoms with Crippen molar-refractivity contribution in [2.24, 2.45) is 0 Å². The summed E-state index contributed by atoms with van der Waals surface area (Å²) in [6.45, 7) is 8.40. The van der Waals surface area contributed by atoms with E-state index in [0.29, 0.717) is 0 Å². The highest BCUT2D eigenvalue weighted by atomic mass is 27.2. The second-order valence-corrected chi connectivity index (χ2v) is 8.46. The maximum Gasteiger partial charge on any atom is 0.388 e. The smallest absolute Gasteiger partial charge is 0.380 e. The van der Waals surface area contributed by atoms with Gasteiger partial charge in [0.05, 0.1) is 0 Å². The Hall–Kier alpha value is 0.412. The molecule has 1 rings (SSSR count). The monoisotopic (exact) mass is 255 g/mol. The van der Waals surface area contributed by atoms with E-state index in [1.54, 1.807) is 0 Å². The molecule has 0 saturated carbocycles. The summed E-state index contributed by atoms with van der Waals surface area (Å²) in [5.41, 5.74) is 0. The quantitative estimate of drug-likeness (QED) is 0.550. The van der Waals surface area contributed by atoms with E-state index in [2.05, 4.69) is 42.0 Å². The third-order valence-electron chi connectivity index (χ3n) is 3.93. The lowest BCUT2D eigenvalue weighted by atomic mass is 10.2. The van der Waals surface area contributed by atoms with E-state index in [0.717, 1.165) is 6.04 Å². The van der Waals surface area contributed by atoms with Crippen molar-refractivity contribution >= 4 is 14.4 Å². The van der Waals surface area contributed by atoms with Gasteiger partial charge in [0.2, 0.25) is 0 Å². The van der Waals surface area contributed by atoms with E-state index in [-0.39, 0.29) is 0 Å². The predicted octanol–water partition coefficient (Wildman–Crippen LogP) is 1.56. The van der Waals surface area contributed by atoms with Crippen LogP contribution in [0.3, 0.4) is 0 Å². The van der Waals surface area contributed by atoms with Crippen molar-refractivity contribution in [2.45, 2.75) is 44.4 Å². The molecule has 0 aromatic carbocycles. The van der Waals surface area contributed by atoms with Crippen LogP contribution in [0.4, 0.5) is 0 Å². The van der Waals surface area contributed by atoms with Crippen molar-refractivity contribution in [2.75, 3.05) is 39.1 Å². The van der Waals surface area contributed by atoms with Gasteiger partial charge in [-0.05, 0) is 45.4 Å². The van der Waals surface area contributed by atoms with Gasteiger partial charge < -0.3 is 14.1 Å². The first kappa shape index (κ1) is 15.5. The highest BCUT2D eigenvalue weighted by Gasteiger charge is 2.32. The summed E-state index contributed by atoms with van der Waals surface area (Å²) >= 11 is -0.676. The van der Waals surface area contributed by atoms with Gasteiger partial charge in [-0.3, -0.25) is 0 Å². The Morgan fingerprint density at radius 1 is 1.29 bits per heavy atom. The molecule has 1 N–H and O–H groups in total. The summed E-state index contributed by atoms with van der Waals surface area (Å²) in [5, 5.41) is 6.48. The van der Waals surface area contributed by atoms with Crippen LogP contribution < -0.4 is 5.32 Å². The largest absolute Gasteiger partial charge is 0.388 e. The number of nitrogens with one attached hydrogen (secondary N) is 1. The molecule has 1 aliphatic rings. The van der Waals surface area contributed by atoms with E-state index >= 15 is 0 Å². The fourth-order valence-corrected chi connectivity index (χ4v) is 6.38. The molecule has 0 aromatic rings. The van der Waals surface area contributed by atoms with Crippen LogP contribution in [-0.2, 0) is 0 Å². The zero-order valence-corrected chi connectivity index (χ0v) is 13.4. The van der Waals surface area contributed by atoms with Crippen molar-refractivity contribution in [3.8, 4) is 0 Å². The second kappa shape index (κ2) is 8.50. The van der Waals surface area contributed by atoms with Crippen LogP contribution in [0, 0.1) is 0 Å². The van der Waals surface area contributed by atoms with Gasteiger partial charge in [0, 0.05) is 12.6 Å². The van der Waals surface area contributed by atoms with Gasteiger partial charge in [0.15, 0.2) is 0 Å². The first-order valence-corrected chi connectivity index (χ1v) is 9.45. The molecule has 1 heterocycles. The maximum atomic E-state index is 3.66. The molecule has 0 spiro atoms. The molecule has 1 fully saturated rings. The van der Waals surface area contributed by atoms with Crippen LogP contribution in [0.2, 0.25) is 5.28 Å². The Bertz CT molecular complexity index is 199. The van der Waals surface area contributed by atoms with Crippen molar-refractivity contribution < 1.29 is 0 Å². The van der Waals surface area contributed by atoms with Crippen molar-refractivity contribution in [1.29, 1.82) is 0 Å². The first-order valence-electron chi connectivity index (χ1n) is 7.30. The van der Waals surface area contributed by atoms with Crippen LogP contribution in [0.15, 0.2) is 0 Å². The molecular weight excluding hydrogens is 225 g/mol. The lowest BCUT2D eigenvalue weighted by molar-refractivity contribution is 0.291. The Balaban J connectivity index is 2.29. The second-order valence-electron chi connectivity index (χ2n) is 5.50. The van der Waals surface area contributed by atoms with Gasteiger partial charge in [-0.25, -0.2) is 0 Å². The molecular formula is C13H30AlN3. The minimum Gasteiger partial charge on any atom is -0.380 e. The number of nitrogens with zero attached hydrogens (tertiary/aromatic N) is 2. The number of rotatable bonds is 7. The number of hydrogen-bond acceptors (Lipinski definition) is 3. The van der Waals surface area contributed by atoms with E-state index in [1.165, 1.54) is 49.6 Å². The maximum absolute atomic E-state index is 3.66. The molecule has 1 aliphatic heterocycles. The molecule has 0 amide bonds. The minimum absolute atomic E-state index is 0.676. The zero-order chi connectivity index (χ0) is 12.7. The van der Waals surface area contributed by atoms with Crippen molar-refractivity contribution in [3.05, 3.63) is 0 Å². The lowest BCUT2D eigenvalue weighted by Gasteiger charge is -2.40. The Labute approximate surface area is 112 Å². The number of hydrogen-bond donors (Lipinski definition) is 1. The molecule has 17 heavy (non-hydrogen) atoms.